The molecule has 4 nitrogen and oxygen atoms in total. The molecule has 1 aromatic carbocycles. The maximum atomic E-state index is 11.5. The summed E-state index contributed by atoms with van der Waals surface area (Å²) in [5.74, 6) is 0.126. The Hall–Kier alpha value is -1.62. The largest absolute Gasteiger partial charge is 0.369 e. The van der Waals surface area contributed by atoms with Crippen molar-refractivity contribution in [3.63, 3.8) is 0 Å². The minimum atomic E-state index is -0.232. The number of halogens is 1. The normalized spacial score (nSPS) is 10.2. The predicted molar refractivity (Wildman–Crippen MR) is 62.4 cm³/mol. The van der Waals surface area contributed by atoms with Gasteiger partial charge in [-0.05, 0) is 17.7 Å². The summed E-state index contributed by atoms with van der Waals surface area (Å²) in [6.07, 6.45) is 1.47. The third kappa shape index (κ3) is 2.07. The molecular formula is C10H8BrN3O. The number of aromatic amines is 1. The van der Waals surface area contributed by atoms with E-state index >= 15 is 0 Å². The quantitative estimate of drug-likeness (QED) is 0.826. The first-order valence-corrected chi connectivity index (χ1v) is 5.07. The van der Waals surface area contributed by atoms with Gasteiger partial charge in [-0.3, -0.25) is 9.78 Å². The number of hydrogen-bond acceptors (Lipinski definition) is 3. The van der Waals surface area contributed by atoms with Crippen LogP contribution in [0.2, 0.25) is 0 Å². The van der Waals surface area contributed by atoms with E-state index in [1.165, 1.54) is 6.20 Å². The van der Waals surface area contributed by atoms with Crippen LogP contribution in [0.5, 0.6) is 0 Å². The second kappa shape index (κ2) is 3.86. The van der Waals surface area contributed by atoms with Crippen LogP contribution in [0.15, 0.2) is 39.7 Å². The Morgan fingerprint density at radius 1 is 1.27 bits per heavy atom. The number of benzene rings is 1. The van der Waals surface area contributed by atoms with E-state index in [4.69, 9.17) is 5.73 Å². The maximum absolute atomic E-state index is 11.5. The van der Waals surface area contributed by atoms with Crippen LogP contribution < -0.4 is 11.3 Å². The topological polar surface area (TPSA) is 71.8 Å². The van der Waals surface area contributed by atoms with Gasteiger partial charge in [-0.1, -0.05) is 28.1 Å². The molecule has 0 unspecified atom stereocenters. The van der Waals surface area contributed by atoms with Crippen molar-refractivity contribution in [1.29, 1.82) is 0 Å². The summed E-state index contributed by atoms with van der Waals surface area (Å²) in [6.45, 7) is 0. The molecule has 1 heterocycles. The molecule has 0 bridgehead atoms. The average Bonchev–Trinajstić information content (AvgIpc) is 2.20. The fourth-order valence-corrected chi connectivity index (χ4v) is 1.51. The van der Waals surface area contributed by atoms with Gasteiger partial charge in [0, 0.05) is 10.7 Å². The van der Waals surface area contributed by atoms with E-state index < -0.39 is 0 Å². The zero-order valence-corrected chi connectivity index (χ0v) is 9.28. The minimum absolute atomic E-state index is 0.126. The van der Waals surface area contributed by atoms with Gasteiger partial charge in [-0.15, -0.1) is 0 Å². The summed E-state index contributed by atoms with van der Waals surface area (Å²) in [5, 5.41) is 0. The lowest BCUT2D eigenvalue weighted by atomic mass is 10.1. The summed E-state index contributed by atoms with van der Waals surface area (Å²) < 4.78 is 0.964. The number of H-pyrrole nitrogens is 1. The van der Waals surface area contributed by atoms with Crippen LogP contribution in [0.4, 0.5) is 5.95 Å². The van der Waals surface area contributed by atoms with Gasteiger partial charge in [-0.25, -0.2) is 4.98 Å². The maximum Gasteiger partial charge on any atom is 0.260 e. The van der Waals surface area contributed by atoms with E-state index in [1.54, 1.807) is 0 Å². The van der Waals surface area contributed by atoms with Crippen LogP contribution >= 0.6 is 15.9 Å². The molecule has 0 amide bonds. The lowest BCUT2D eigenvalue weighted by Crippen LogP contribution is -2.12. The van der Waals surface area contributed by atoms with Crippen molar-refractivity contribution in [2.75, 3.05) is 5.73 Å². The Morgan fingerprint density at radius 2 is 1.93 bits per heavy atom. The summed E-state index contributed by atoms with van der Waals surface area (Å²) in [6, 6.07) is 7.41. The highest BCUT2D eigenvalue weighted by Gasteiger charge is 2.03. The van der Waals surface area contributed by atoms with Gasteiger partial charge in [0.05, 0.1) is 5.56 Å². The Labute approximate surface area is 94.3 Å². The van der Waals surface area contributed by atoms with Crippen molar-refractivity contribution in [2.24, 2.45) is 0 Å². The Kier molecular flexibility index (Phi) is 2.55. The minimum Gasteiger partial charge on any atom is -0.369 e. The summed E-state index contributed by atoms with van der Waals surface area (Å²) in [5.41, 5.74) is 6.45. The second-order valence-corrected chi connectivity index (χ2v) is 3.93. The molecule has 0 atom stereocenters. The van der Waals surface area contributed by atoms with Crippen LogP contribution in [0.3, 0.4) is 0 Å². The van der Waals surface area contributed by atoms with Crippen molar-refractivity contribution >= 4 is 21.9 Å². The van der Waals surface area contributed by atoms with Crippen LogP contribution in [0.1, 0.15) is 0 Å². The molecule has 0 aliphatic rings. The first-order valence-electron chi connectivity index (χ1n) is 4.27. The van der Waals surface area contributed by atoms with Gasteiger partial charge in [0.1, 0.15) is 0 Å². The number of nitrogens with one attached hydrogen (secondary N) is 1. The number of rotatable bonds is 1. The van der Waals surface area contributed by atoms with Gasteiger partial charge < -0.3 is 5.73 Å². The molecule has 2 aromatic rings. The molecule has 5 heteroatoms. The second-order valence-electron chi connectivity index (χ2n) is 3.02. The van der Waals surface area contributed by atoms with Crippen molar-refractivity contribution < 1.29 is 0 Å². The van der Waals surface area contributed by atoms with Crippen molar-refractivity contribution in [3.05, 3.63) is 45.3 Å². The van der Waals surface area contributed by atoms with Gasteiger partial charge in [0.2, 0.25) is 0 Å². The van der Waals surface area contributed by atoms with Gasteiger partial charge in [0.25, 0.3) is 5.56 Å². The highest BCUT2D eigenvalue weighted by Crippen LogP contribution is 2.17. The fraction of sp³-hybridized carbons (Fsp3) is 0. The Morgan fingerprint density at radius 3 is 2.53 bits per heavy atom. The first-order chi connectivity index (χ1) is 7.16. The van der Waals surface area contributed by atoms with Crippen LogP contribution in [-0.2, 0) is 0 Å². The highest BCUT2D eigenvalue weighted by atomic mass is 79.9. The van der Waals surface area contributed by atoms with E-state index in [2.05, 4.69) is 25.9 Å². The van der Waals surface area contributed by atoms with E-state index in [-0.39, 0.29) is 11.5 Å². The zero-order valence-electron chi connectivity index (χ0n) is 7.70. The van der Waals surface area contributed by atoms with Crippen LogP contribution in [-0.4, -0.2) is 9.97 Å². The van der Waals surface area contributed by atoms with E-state index in [0.717, 1.165) is 10.0 Å². The molecule has 0 aliphatic heterocycles. The molecular weight excluding hydrogens is 258 g/mol. The lowest BCUT2D eigenvalue weighted by molar-refractivity contribution is 1.14. The fourth-order valence-electron chi connectivity index (χ4n) is 1.24. The van der Waals surface area contributed by atoms with E-state index in [0.29, 0.717) is 5.56 Å². The lowest BCUT2D eigenvalue weighted by Gasteiger charge is -2.00. The van der Waals surface area contributed by atoms with Gasteiger partial charge >= 0.3 is 0 Å². The molecule has 1 aromatic heterocycles. The summed E-state index contributed by atoms with van der Waals surface area (Å²) in [4.78, 5) is 17.8. The molecule has 0 fully saturated rings. The smallest absolute Gasteiger partial charge is 0.260 e. The number of nitrogen functional groups attached to an aromatic ring is 1. The van der Waals surface area contributed by atoms with Gasteiger partial charge in [-0.2, -0.15) is 0 Å². The van der Waals surface area contributed by atoms with Crippen molar-refractivity contribution in [2.45, 2.75) is 0 Å². The number of anilines is 1. The molecule has 76 valence electrons. The molecule has 0 saturated carbocycles. The molecule has 15 heavy (non-hydrogen) atoms. The molecule has 0 aliphatic carbocycles. The van der Waals surface area contributed by atoms with E-state index in [9.17, 15) is 4.79 Å². The zero-order chi connectivity index (χ0) is 10.8. The molecule has 0 spiro atoms. The Bertz CT molecular complexity index is 533. The van der Waals surface area contributed by atoms with Crippen LogP contribution in [0.25, 0.3) is 11.1 Å². The van der Waals surface area contributed by atoms with Gasteiger partial charge in [0.15, 0.2) is 5.95 Å². The summed E-state index contributed by atoms with van der Waals surface area (Å²) >= 11 is 3.33. The molecule has 0 radical (unpaired) electrons. The first kappa shape index (κ1) is 9.92. The number of nitrogens with zero attached hydrogens (tertiary/aromatic N) is 1. The predicted octanol–water partition coefficient (Wildman–Crippen LogP) is 1.78. The van der Waals surface area contributed by atoms with E-state index in [1.807, 2.05) is 24.3 Å². The molecule has 3 N–H and O–H groups in total. The van der Waals surface area contributed by atoms with Crippen molar-refractivity contribution in [3.8, 4) is 11.1 Å². The number of hydrogen-bond donors (Lipinski definition) is 2. The molecule has 2 rings (SSSR count). The number of aromatic nitrogens is 2. The third-order valence-corrected chi connectivity index (χ3v) is 2.50. The van der Waals surface area contributed by atoms with Crippen molar-refractivity contribution in [1.82, 2.24) is 9.97 Å². The molecule has 0 saturated heterocycles. The monoisotopic (exact) mass is 265 g/mol. The standard InChI is InChI=1S/C10H8BrN3O/c11-7-3-1-6(2-4-7)8-5-13-10(12)14-9(8)15/h1-5H,(H3,12,13,14,15). The Balaban J connectivity index is 2.55. The number of nitrogens with two attached hydrogens (primary N) is 1. The average molecular weight is 266 g/mol. The summed E-state index contributed by atoms with van der Waals surface area (Å²) in [7, 11) is 0. The highest BCUT2D eigenvalue weighted by molar-refractivity contribution is 9.10. The van der Waals surface area contributed by atoms with Crippen LogP contribution in [0, 0.1) is 0 Å². The third-order valence-electron chi connectivity index (χ3n) is 1.97. The SMILES string of the molecule is Nc1ncc(-c2ccc(Br)cc2)c(=O)[nH]1.